The van der Waals surface area contributed by atoms with Gasteiger partial charge in [0.15, 0.2) is 0 Å². The summed E-state index contributed by atoms with van der Waals surface area (Å²) in [6.45, 7) is 3.73. The first-order chi connectivity index (χ1) is 9.92. The second kappa shape index (κ2) is 6.42. The third kappa shape index (κ3) is 5.10. The largest absolute Gasteiger partial charge is 0.480 e. The Bertz CT molecular complexity index is 559. The number of halogens is 4. The van der Waals surface area contributed by atoms with Crippen LogP contribution in [0, 0.1) is 17.8 Å². The summed E-state index contributed by atoms with van der Waals surface area (Å²) in [5, 5.41) is 11.0. The molecule has 0 fully saturated rings. The predicted octanol–water partition coefficient (Wildman–Crippen LogP) is 3.19. The number of allylic oxidation sites excluding steroid dienone is 4. The number of carbonyl (C=O) groups is 1. The van der Waals surface area contributed by atoms with Gasteiger partial charge in [-0.25, -0.2) is 9.18 Å². The zero-order chi connectivity index (χ0) is 17.1. The molecule has 1 aliphatic carbocycles. The summed E-state index contributed by atoms with van der Waals surface area (Å²) in [5.41, 5.74) is -3.41. The number of nitrogens with one attached hydrogen (secondary N) is 1. The van der Waals surface area contributed by atoms with Crippen LogP contribution in [0.3, 0.4) is 0 Å². The fourth-order valence-electron chi connectivity index (χ4n) is 1.98. The molecule has 22 heavy (non-hydrogen) atoms. The first-order valence-electron chi connectivity index (χ1n) is 6.59. The van der Waals surface area contributed by atoms with Crippen LogP contribution in [0.5, 0.6) is 0 Å². The minimum Gasteiger partial charge on any atom is -0.480 e. The summed E-state index contributed by atoms with van der Waals surface area (Å²) in [6, 6.07) is -1.70. The van der Waals surface area contributed by atoms with Gasteiger partial charge >= 0.3 is 12.1 Å². The maximum Gasteiger partial charge on any atom is 0.431 e. The molecule has 0 radical (unpaired) electrons. The lowest BCUT2D eigenvalue weighted by Gasteiger charge is -2.26. The van der Waals surface area contributed by atoms with Crippen LogP contribution in [0.1, 0.15) is 27.2 Å². The van der Waals surface area contributed by atoms with Crippen molar-refractivity contribution in [3.05, 3.63) is 23.4 Å². The van der Waals surface area contributed by atoms with Crippen LogP contribution in [-0.2, 0) is 4.79 Å². The molecule has 0 spiro atoms. The molecule has 0 saturated carbocycles. The lowest BCUT2D eigenvalue weighted by atomic mass is 9.94. The maximum atomic E-state index is 13.6. The fraction of sp³-hybridized carbons (Fsp3) is 0.533. The minimum absolute atomic E-state index is 0.252. The van der Waals surface area contributed by atoms with E-state index >= 15 is 0 Å². The van der Waals surface area contributed by atoms with Crippen molar-refractivity contribution in [3.8, 4) is 11.8 Å². The SMILES string of the molecule is CC1C=CC#C/C1=C(\N[C@@H](CC(C)(C)F)C(=O)O)C(F)(F)F. The van der Waals surface area contributed by atoms with Crippen LogP contribution < -0.4 is 5.32 Å². The maximum absolute atomic E-state index is 13.6. The van der Waals surface area contributed by atoms with E-state index in [9.17, 15) is 22.4 Å². The molecule has 0 aromatic rings. The quantitative estimate of drug-likeness (QED) is 0.604. The van der Waals surface area contributed by atoms with E-state index in [1.54, 1.807) is 0 Å². The van der Waals surface area contributed by atoms with Gasteiger partial charge in [0.2, 0.25) is 0 Å². The van der Waals surface area contributed by atoms with E-state index in [-0.39, 0.29) is 5.57 Å². The van der Waals surface area contributed by atoms with Gasteiger partial charge in [0.1, 0.15) is 17.4 Å². The molecule has 2 atom stereocenters. The summed E-state index contributed by atoms with van der Waals surface area (Å²) in [6.07, 6.45) is -2.50. The van der Waals surface area contributed by atoms with Gasteiger partial charge in [0, 0.05) is 17.9 Å². The molecular weight excluding hydrogens is 302 g/mol. The van der Waals surface area contributed by atoms with Crippen LogP contribution in [0.25, 0.3) is 0 Å². The molecular formula is C15H17F4NO2. The van der Waals surface area contributed by atoms with Crippen molar-refractivity contribution in [3.63, 3.8) is 0 Å². The van der Waals surface area contributed by atoms with Gasteiger partial charge in [-0.15, -0.1) is 0 Å². The number of carboxylic acids is 1. The molecule has 2 N–H and O–H groups in total. The van der Waals surface area contributed by atoms with E-state index in [2.05, 4.69) is 11.8 Å². The monoisotopic (exact) mass is 319 g/mol. The van der Waals surface area contributed by atoms with Crippen molar-refractivity contribution < 1.29 is 27.5 Å². The van der Waals surface area contributed by atoms with Gasteiger partial charge in [-0.05, 0) is 19.9 Å². The summed E-state index contributed by atoms with van der Waals surface area (Å²) in [7, 11) is 0. The highest BCUT2D eigenvalue weighted by molar-refractivity contribution is 5.74. The van der Waals surface area contributed by atoms with Gasteiger partial charge in [0.25, 0.3) is 0 Å². The van der Waals surface area contributed by atoms with E-state index in [0.717, 1.165) is 13.8 Å². The number of hydrogen-bond acceptors (Lipinski definition) is 2. The van der Waals surface area contributed by atoms with Gasteiger partial charge in [-0.1, -0.05) is 24.8 Å². The Labute approximate surface area is 126 Å². The Morgan fingerprint density at radius 1 is 1.41 bits per heavy atom. The summed E-state index contributed by atoms with van der Waals surface area (Å²) < 4.78 is 53.3. The molecule has 1 rings (SSSR count). The number of hydrogen-bond donors (Lipinski definition) is 2. The molecule has 1 unspecified atom stereocenters. The third-order valence-corrected chi connectivity index (χ3v) is 2.99. The third-order valence-electron chi connectivity index (χ3n) is 2.99. The first-order valence-corrected chi connectivity index (χ1v) is 6.59. The van der Waals surface area contributed by atoms with Gasteiger partial charge in [-0.3, -0.25) is 0 Å². The van der Waals surface area contributed by atoms with Crippen LogP contribution in [0.15, 0.2) is 23.4 Å². The van der Waals surface area contributed by atoms with Crippen molar-refractivity contribution >= 4 is 5.97 Å². The smallest absolute Gasteiger partial charge is 0.431 e. The number of alkyl halides is 4. The van der Waals surface area contributed by atoms with E-state index in [0.29, 0.717) is 0 Å². The molecule has 1 aliphatic rings. The predicted molar refractivity (Wildman–Crippen MR) is 73.5 cm³/mol. The summed E-state index contributed by atoms with van der Waals surface area (Å²) in [4.78, 5) is 11.1. The van der Waals surface area contributed by atoms with Crippen molar-refractivity contribution in [2.45, 2.75) is 45.1 Å². The minimum atomic E-state index is -4.81. The van der Waals surface area contributed by atoms with Gasteiger partial charge in [0.05, 0.1) is 0 Å². The number of carboxylic acid groups (broad SMARTS) is 1. The van der Waals surface area contributed by atoms with E-state index in [1.165, 1.54) is 19.1 Å². The molecule has 122 valence electrons. The fourth-order valence-corrected chi connectivity index (χ4v) is 1.98. The lowest BCUT2D eigenvalue weighted by molar-refractivity contribution is -0.141. The normalized spacial score (nSPS) is 21.7. The van der Waals surface area contributed by atoms with Crippen LogP contribution >= 0.6 is 0 Å². The topological polar surface area (TPSA) is 49.3 Å². The van der Waals surface area contributed by atoms with E-state index in [1.807, 2.05) is 5.32 Å². The molecule has 0 aliphatic heterocycles. The standard InChI is InChI=1S/C15H17F4NO2/c1-9-6-4-5-7-10(9)12(15(17,18)19)20-11(13(21)22)8-14(2,3)16/h4,6,9,11,20H,8H2,1-3H3,(H,21,22)/b12-10+/t9?,11-/m0/s1. The van der Waals surface area contributed by atoms with Crippen molar-refractivity contribution in [2.24, 2.45) is 5.92 Å². The summed E-state index contributed by atoms with van der Waals surface area (Å²) >= 11 is 0. The number of rotatable bonds is 5. The Hall–Kier alpha value is -1.97. The molecule has 3 nitrogen and oxygen atoms in total. The Balaban J connectivity index is 3.21. The average Bonchev–Trinajstić information content (AvgIpc) is 2.32. The lowest BCUT2D eigenvalue weighted by Crippen LogP contribution is -2.44. The van der Waals surface area contributed by atoms with Gasteiger partial charge < -0.3 is 10.4 Å². The van der Waals surface area contributed by atoms with E-state index in [4.69, 9.17) is 5.11 Å². The Kier molecular flexibility index (Phi) is 5.28. The highest BCUT2D eigenvalue weighted by atomic mass is 19.4. The highest BCUT2D eigenvalue weighted by Crippen LogP contribution is 2.31. The second-order valence-electron chi connectivity index (χ2n) is 5.66. The van der Waals surface area contributed by atoms with Crippen molar-refractivity contribution in [1.82, 2.24) is 5.32 Å². The van der Waals surface area contributed by atoms with Crippen LogP contribution in [0.2, 0.25) is 0 Å². The molecule has 0 amide bonds. The highest BCUT2D eigenvalue weighted by Gasteiger charge is 2.40. The van der Waals surface area contributed by atoms with Crippen molar-refractivity contribution in [2.75, 3.05) is 0 Å². The second-order valence-corrected chi connectivity index (χ2v) is 5.66. The Morgan fingerprint density at radius 3 is 2.41 bits per heavy atom. The zero-order valence-corrected chi connectivity index (χ0v) is 12.4. The number of aliphatic carboxylic acids is 1. The van der Waals surface area contributed by atoms with Crippen molar-refractivity contribution in [1.29, 1.82) is 0 Å². The first kappa shape index (κ1) is 18.1. The molecule has 7 heteroatoms. The molecule has 0 bridgehead atoms. The molecule has 0 aromatic heterocycles. The summed E-state index contributed by atoms with van der Waals surface area (Å²) in [5.74, 6) is 2.61. The molecule has 0 saturated heterocycles. The van der Waals surface area contributed by atoms with Gasteiger partial charge in [-0.2, -0.15) is 13.2 Å². The average molecular weight is 319 g/mol. The zero-order valence-electron chi connectivity index (χ0n) is 12.4. The van der Waals surface area contributed by atoms with Crippen LogP contribution in [0.4, 0.5) is 17.6 Å². The van der Waals surface area contributed by atoms with Crippen LogP contribution in [-0.4, -0.2) is 29.0 Å². The van der Waals surface area contributed by atoms with E-state index < -0.39 is 41.9 Å². The molecule has 0 heterocycles. The Morgan fingerprint density at radius 2 is 2.00 bits per heavy atom. The molecule has 0 aromatic carbocycles.